The second-order valence-corrected chi connectivity index (χ2v) is 4.60. The topological polar surface area (TPSA) is 80.5 Å². The number of para-hydroxylation sites is 2. The minimum atomic E-state index is 0.236. The largest absolute Gasteiger partial charge is 0.397 e. The predicted octanol–water partition coefficient (Wildman–Crippen LogP) is 2.38. The monoisotopic (exact) mass is 263 g/mol. The van der Waals surface area contributed by atoms with Gasteiger partial charge in [0.05, 0.1) is 35.4 Å². The van der Waals surface area contributed by atoms with E-state index in [1.807, 2.05) is 41.8 Å². The van der Waals surface area contributed by atoms with Gasteiger partial charge in [-0.05, 0) is 30.7 Å². The lowest BCUT2D eigenvalue weighted by molar-refractivity contribution is 0.912. The number of nitrogens with two attached hydrogens (primary N) is 1. The van der Waals surface area contributed by atoms with E-state index in [1.54, 1.807) is 6.20 Å². The molecule has 20 heavy (non-hydrogen) atoms. The third-order valence-electron chi connectivity index (χ3n) is 3.15. The molecule has 2 aromatic heterocycles. The summed E-state index contributed by atoms with van der Waals surface area (Å²) in [7, 11) is 0. The fraction of sp³-hybridized carbons (Fsp3) is 0.133. The number of aryl methyl sites for hydroxylation is 1. The summed E-state index contributed by atoms with van der Waals surface area (Å²) in [4.78, 5) is 8.91. The summed E-state index contributed by atoms with van der Waals surface area (Å²) in [5.41, 5.74) is 9.12. The Hall–Kier alpha value is -2.87. The molecule has 0 unspecified atom stereocenters. The summed E-state index contributed by atoms with van der Waals surface area (Å²) >= 11 is 0. The maximum absolute atomic E-state index is 8.99. The number of anilines is 1. The Balaban J connectivity index is 2.33. The van der Waals surface area contributed by atoms with Gasteiger partial charge in [0.25, 0.3) is 0 Å². The van der Waals surface area contributed by atoms with Gasteiger partial charge in [0.2, 0.25) is 0 Å². The first kappa shape index (κ1) is 12.2. The quantitative estimate of drug-likeness (QED) is 0.769. The van der Waals surface area contributed by atoms with Crippen LogP contribution in [-0.4, -0.2) is 14.5 Å². The van der Waals surface area contributed by atoms with Crippen LogP contribution in [0.3, 0.4) is 0 Å². The standard InChI is InChI=1S/C15H13N5/c1-10-8-11(17)9-18-15(10)20-13-5-3-2-4-12(13)19-14(20)6-7-16/h2-5,8-9H,6,17H2,1H3. The Bertz CT molecular complexity index is 826. The van der Waals surface area contributed by atoms with Gasteiger partial charge in [0.15, 0.2) is 0 Å². The van der Waals surface area contributed by atoms with Gasteiger partial charge in [-0.1, -0.05) is 12.1 Å². The Morgan fingerprint density at radius 1 is 1.35 bits per heavy atom. The number of rotatable bonds is 2. The second kappa shape index (κ2) is 4.67. The van der Waals surface area contributed by atoms with Crippen molar-refractivity contribution in [2.24, 2.45) is 0 Å². The third-order valence-corrected chi connectivity index (χ3v) is 3.15. The van der Waals surface area contributed by atoms with Crippen LogP contribution in [0.1, 0.15) is 11.4 Å². The number of nitrogens with zero attached hydrogens (tertiary/aromatic N) is 4. The van der Waals surface area contributed by atoms with E-state index in [9.17, 15) is 0 Å². The number of fused-ring (bicyclic) bond motifs is 1. The normalized spacial score (nSPS) is 10.6. The lowest BCUT2D eigenvalue weighted by Crippen LogP contribution is -2.05. The molecular formula is C15H13N5. The van der Waals surface area contributed by atoms with Crippen molar-refractivity contribution in [3.8, 4) is 11.9 Å². The molecule has 3 rings (SSSR count). The van der Waals surface area contributed by atoms with Gasteiger partial charge in [-0.15, -0.1) is 0 Å². The minimum Gasteiger partial charge on any atom is -0.397 e. The summed E-state index contributed by atoms with van der Waals surface area (Å²) < 4.78 is 1.92. The highest BCUT2D eigenvalue weighted by atomic mass is 15.1. The van der Waals surface area contributed by atoms with Crippen LogP contribution in [-0.2, 0) is 6.42 Å². The van der Waals surface area contributed by atoms with Crippen molar-refractivity contribution in [1.29, 1.82) is 5.26 Å². The van der Waals surface area contributed by atoms with Crippen LogP contribution in [0.25, 0.3) is 16.9 Å². The summed E-state index contributed by atoms with van der Waals surface area (Å²) in [5, 5.41) is 8.99. The van der Waals surface area contributed by atoms with Gasteiger partial charge in [0.1, 0.15) is 11.6 Å². The number of aromatic nitrogens is 3. The lowest BCUT2D eigenvalue weighted by atomic mass is 10.2. The molecule has 0 radical (unpaired) electrons. The van der Waals surface area contributed by atoms with Crippen molar-refractivity contribution in [2.45, 2.75) is 13.3 Å². The van der Waals surface area contributed by atoms with E-state index in [2.05, 4.69) is 16.0 Å². The molecule has 0 saturated carbocycles. The fourth-order valence-electron chi connectivity index (χ4n) is 2.32. The van der Waals surface area contributed by atoms with Crippen molar-refractivity contribution in [3.63, 3.8) is 0 Å². The van der Waals surface area contributed by atoms with Gasteiger partial charge in [-0.2, -0.15) is 5.26 Å². The van der Waals surface area contributed by atoms with Gasteiger partial charge < -0.3 is 5.73 Å². The fourth-order valence-corrected chi connectivity index (χ4v) is 2.32. The molecule has 2 heterocycles. The zero-order valence-corrected chi connectivity index (χ0v) is 11.0. The van der Waals surface area contributed by atoms with Crippen LogP contribution in [0, 0.1) is 18.3 Å². The van der Waals surface area contributed by atoms with Crippen LogP contribution in [0.5, 0.6) is 0 Å². The second-order valence-electron chi connectivity index (χ2n) is 4.60. The highest BCUT2D eigenvalue weighted by Gasteiger charge is 2.14. The van der Waals surface area contributed by atoms with Gasteiger partial charge >= 0.3 is 0 Å². The number of hydrogen-bond donors (Lipinski definition) is 1. The molecule has 0 bridgehead atoms. The van der Waals surface area contributed by atoms with Crippen molar-refractivity contribution in [2.75, 3.05) is 5.73 Å². The SMILES string of the molecule is Cc1cc(N)cnc1-n1c(CC#N)nc2ccccc21. The van der Waals surface area contributed by atoms with Gasteiger partial charge in [0, 0.05) is 0 Å². The molecule has 0 atom stereocenters. The lowest BCUT2D eigenvalue weighted by Gasteiger charge is -2.10. The van der Waals surface area contributed by atoms with Gasteiger partial charge in [-0.25, -0.2) is 9.97 Å². The molecule has 3 aromatic rings. The van der Waals surface area contributed by atoms with E-state index >= 15 is 0 Å². The number of nitriles is 1. The summed E-state index contributed by atoms with van der Waals surface area (Å²) in [6, 6.07) is 11.8. The molecule has 5 nitrogen and oxygen atoms in total. The van der Waals surface area contributed by atoms with Crippen molar-refractivity contribution in [3.05, 3.63) is 47.9 Å². The number of nitrogen functional groups attached to an aromatic ring is 1. The number of pyridine rings is 1. The highest BCUT2D eigenvalue weighted by Crippen LogP contribution is 2.23. The van der Waals surface area contributed by atoms with E-state index in [1.165, 1.54) is 0 Å². The molecule has 0 aliphatic heterocycles. The Kier molecular flexibility index (Phi) is 2.84. The Labute approximate surface area is 116 Å². The molecular weight excluding hydrogens is 250 g/mol. The van der Waals surface area contributed by atoms with Crippen molar-refractivity contribution in [1.82, 2.24) is 14.5 Å². The van der Waals surface area contributed by atoms with Crippen LogP contribution in [0.4, 0.5) is 5.69 Å². The van der Waals surface area contributed by atoms with Crippen molar-refractivity contribution < 1.29 is 0 Å². The van der Waals surface area contributed by atoms with E-state index in [4.69, 9.17) is 11.0 Å². The first-order valence-corrected chi connectivity index (χ1v) is 6.26. The van der Waals surface area contributed by atoms with Crippen LogP contribution in [0.15, 0.2) is 36.5 Å². The minimum absolute atomic E-state index is 0.236. The zero-order chi connectivity index (χ0) is 14.1. The molecule has 2 N–H and O–H groups in total. The Morgan fingerprint density at radius 3 is 2.90 bits per heavy atom. The van der Waals surface area contributed by atoms with Gasteiger partial charge in [-0.3, -0.25) is 4.57 Å². The van der Waals surface area contributed by atoms with Crippen molar-refractivity contribution >= 4 is 16.7 Å². The molecule has 5 heteroatoms. The highest BCUT2D eigenvalue weighted by molar-refractivity contribution is 5.78. The number of benzene rings is 1. The third kappa shape index (κ3) is 1.88. The first-order valence-electron chi connectivity index (χ1n) is 6.26. The molecule has 0 amide bonds. The molecule has 0 fully saturated rings. The van der Waals surface area contributed by atoms with Crippen LogP contribution >= 0.6 is 0 Å². The average molecular weight is 263 g/mol. The summed E-state index contributed by atoms with van der Waals surface area (Å²) in [5.74, 6) is 1.45. The van der Waals surface area contributed by atoms with E-state index < -0.39 is 0 Å². The number of imidazole rings is 1. The van der Waals surface area contributed by atoms with Crippen LogP contribution in [0.2, 0.25) is 0 Å². The molecule has 0 aliphatic carbocycles. The molecule has 0 saturated heterocycles. The van der Waals surface area contributed by atoms with Crippen LogP contribution < -0.4 is 5.73 Å². The zero-order valence-electron chi connectivity index (χ0n) is 11.0. The average Bonchev–Trinajstić information content (AvgIpc) is 2.78. The first-order chi connectivity index (χ1) is 9.70. The maximum atomic E-state index is 8.99. The van der Waals surface area contributed by atoms with E-state index in [-0.39, 0.29) is 6.42 Å². The molecule has 1 aromatic carbocycles. The summed E-state index contributed by atoms with van der Waals surface area (Å²) in [6.07, 6.45) is 1.85. The number of hydrogen-bond acceptors (Lipinski definition) is 4. The summed E-state index contributed by atoms with van der Waals surface area (Å²) in [6.45, 7) is 1.95. The molecule has 98 valence electrons. The maximum Gasteiger partial charge on any atom is 0.141 e. The van der Waals surface area contributed by atoms with E-state index in [0.29, 0.717) is 11.5 Å². The van der Waals surface area contributed by atoms with E-state index in [0.717, 1.165) is 22.4 Å². The Morgan fingerprint density at radius 2 is 2.15 bits per heavy atom. The smallest absolute Gasteiger partial charge is 0.141 e. The predicted molar refractivity (Wildman–Crippen MR) is 77.3 cm³/mol. The molecule has 0 spiro atoms. The molecule has 0 aliphatic rings.